The van der Waals surface area contributed by atoms with Crippen LogP contribution >= 0.6 is 15.9 Å². The van der Waals surface area contributed by atoms with Crippen LogP contribution in [-0.2, 0) is 0 Å². The molecule has 0 spiro atoms. The molecule has 0 heterocycles. The van der Waals surface area contributed by atoms with Crippen LogP contribution in [0.25, 0.3) is 0 Å². The average molecular weight is 322 g/mol. The molecule has 1 amide bonds. The number of para-hydroxylation sites is 1. The Hall–Kier alpha value is -2.01. The van der Waals surface area contributed by atoms with Gasteiger partial charge in [0.1, 0.15) is 11.5 Å². The molecule has 0 aliphatic heterocycles. The van der Waals surface area contributed by atoms with E-state index in [1.54, 1.807) is 36.4 Å². The number of methoxy groups -OCH3 is 1. The summed E-state index contributed by atoms with van der Waals surface area (Å²) in [4.78, 5) is 11.8. The lowest BCUT2D eigenvalue weighted by Gasteiger charge is -2.10. The zero-order valence-corrected chi connectivity index (χ0v) is 11.8. The first kappa shape index (κ1) is 13.4. The lowest BCUT2D eigenvalue weighted by molar-refractivity contribution is 0.215. The number of rotatable bonds is 3. The Morgan fingerprint density at radius 1 is 1.16 bits per heavy atom. The molecule has 4 nitrogen and oxygen atoms in total. The fraction of sp³-hybridized carbons (Fsp3) is 0.0714. The van der Waals surface area contributed by atoms with E-state index in [9.17, 15) is 4.79 Å². The van der Waals surface area contributed by atoms with Crippen LogP contribution in [0.3, 0.4) is 0 Å². The van der Waals surface area contributed by atoms with Gasteiger partial charge < -0.3 is 9.47 Å². The van der Waals surface area contributed by atoms with E-state index in [0.717, 1.165) is 4.47 Å². The fourth-order valence-corrected chi connectivity index (χ4v) is 1.87. The Balaban J connectivity index is 2.09. The van der Waals surface area contributed by atoms with E-state index in [4.69, 9.17) is 9.47 Å². The van der Waals surface area contributed by atoms with Crippen molar-refractivity contribution in [2.45, 2.75) is 0 Å². The Morgan fingerprint density at radius 2 is 1.89 bits per heavy atom. The molecule has 2 rings (SSSR count). The summed E-state index contributed by atoms with van der Waals surface area (Å²) < 4.78 is 11.1. The van der Waals surface area contributed by atoms with Crippen LogP contribution in [-0.4, -0.2) is 13.2 Å². The number of ether oxygens (including phenoxy) is 2. The maximum atomic E-state index is 11.8. The van der Waals surface area contributed by atoms with Crippen LogP contribution in [0.5, 0.6) is 11.5 Å². The van der Waals surface area contributed by atoms with E-state index in [1.807, 2.05) is 12.1 Å². The standard InChI is InChI=1S/C14H12BrNO3/c1-18-13-8-7-10(15)9-12(13)16-14(17)19-11-5-3-2-4-6-11/h2-9H,1H3,(H,16,17). The van der Waals surface area contributed by atoms with Crippen LogP contribution < -0.4 is 14.8 Å². The zero-order chi connectivity index (χ0) is 13.7. The molecule has 0 aromatic heterocycles. The number of carbonyl (C=O) groups excluding carboxylic acids is 1. The lowest BCUT2D eigenvalue weighted by Crippen LogP contribution is -2.17. The minimum Gasteiger partial charge on any atom is -0.495 e. The van der Waals surface area contributed by atoms with Gasteiger partial charge in [-0.2, -0.15) is 0 Å². The minimum absolute atomic E-state index is 0.481. The maximum Gasteiger partial charge on any atom is 0.417 e. The van der Waals surface area contributed by atoms with Crippen molar-refractivity contribution in [2.75, 3.05) is 12.4 Å². The first-order valence-corrected chi connectivity index (χ1v) is 6.36. The molecule has 0 radical (unpaired) electrons. The van der Waals surface area contributed by atoms with E-state index < -0.39 is 6.09 Å². The van der Waals surface area contributed by atoms with Crippen LogP contribution in [0.2, 0.25) is 0 Å². The zero-order valence-electron chi connectivity index (χ0n) is 10.2. The average Bonchev–Trinajstić information content (AvgIpc) is 2.40. The van der Waals surface area contributed by atoms with Crippen molar-refractivity contribution >= 4 is 27.7 Å². The highest BCUT2D eigenvalue weighted by molar-refractivity contribution is 9.10. The molecule has 19 heavy (non-hydrogen) atoms. The van der Waals surface area contributed by atoms with Crippen molar-refractivity contribution < 1.29 is 14.3 Å². The predicted molar refractivity (Wildman–Crippen MR) is 76.8 cm³/mol. The van der Waals surface area contributed by atoms with Gasteiger partial charge in [-0.1, -0.05) is 34.1 Å². The van der Waals surface area contributed by atoms with Gasteiger partial charge in [0.25, 0.3) is 0 Å². The molecule has 98 valence electrons. The molecule has 1 N–H and O–H groups in total. The first-order valence-electron chi connectivity index (χ1n) is 5.56. The fourth-order valence-electron chi connectivity index (χ4n) is 1.51. The highest BCUT2D eigenvalue weighted by Gasteiger charge is 2.09. The third kappa shape index (κ3) is 3.72. The molecule has 5 heteroatoms. The van der Waals surface area contributed by atoms with E-state index in [2.05, 4.69) is 21.2 Å². The molecule has 2 aromatic carbocycles. The van der Waals surface area contributed by atoms with E-state index in [-0.39, 0.29) is 0 Å². The Labute approximate surface area is 119 Å². The molecule has 0 fully saturated rings. The van der Waals surface area contributed by atoms with E-state index in [0.29, 0.717) is 17.2 Å². The predicted octanol–water partition coefficient (Wildman–Crippen LogP) is 4.07. The highest BCUT2D eigenvalue weighted by atomic mass is 79.9. The van der Waals surface area contributed by atoms with Crippen molar-refractivity contribution in [1.82, 2.24) is 0 Å². The molecule has 0 atom stereocenters. The largest absolute Gasteiger partial charge is 0.495 e. The SMILES string of the molecule is COc1ccc(Br)cc1NC(=O)Oc1ccccc1. The van der Waals surface area contributed by atoms with Gasteiger partial charge in [-0.05, 0) is 30.3 Å². The summed E-state index contributed by atoms with van der Waals surface area (Å²) in [5, 5.41) is 2.63. The maximum absolute atomic E-state index is 11.8. The number of nitrogens with one attached hydrogen (secondary N) is 1. The van der Waals surface area contributed by atoms with E-state index >= 15 is 0 Å². The van der Waals surface area contributed by atoms with Gasteiger partial charge in [0.05, 0.1) is 12.8 Å². The molecule has 0 unspecified atom stereocenters. The van der Waals surface area contributed by atoms with Crippen molar-refractivity contribution in [3.63, 3.8) is 0 Å². The lowest BCUT2D eigenvalue weighted by atomic mass is 10.3. The Kier molecular flexibility index (Phi) is 4.41. The summed E-state index contributed by atoms with van der Waals surface area (Å²) in [6.45, 7) is 0. The van der Waals surface area contributed by atoms with Crippen molar-refractivity contribution in [2.24, 2.45) is 0 Å². The van der Waals surface area contributed by atoms with Gasteiger partial charge in [-0.25, -0.2) is 4.79 Å². The van der Waals surface area contributed by atoms with Gasteiger partial charge >= 0.3 is 6.09 Å². The second kappa shape index (κ2) is 6.24. The molecular formula is C14H12BrNO3. The number of anilines is 1. The number of carbonyl (C=O) groups is 1. The summed E-state index contributed by atoms with van der Waals surface area (Å²) in [7, 11) is 1.54. The highest BCUT2D eigenvalue weighted by Crippen LogP contribution is 2.28. The normalized spacial score (nSPS) is 9.79. The van der Waals surface area contributed by atoms with Crippen LogP contribution in [0.15, 0.2) is 53.0 Å². The summed E-state index contributed by atoms with van der Waals surface area (Å²) in [6.07, 6.45) is -0.567. The molecule has 0 saturated carbocycles. The van der Waals surface area contributed by atoms with Crippen molar-refractivity contribution in [3.05, 3.63) is 53.0 Å². The Morgan fingerprint density at radius 3 is 2.58 bits per heavy atom. The van der Waals surface area contributed by atoms with Gasteiger partial charge in [-0.3, -0.25) is 5.32 Å². The van der Waals surface area contributed by atoms with Crippen LogP contribution in [0.4, 0.5) is 10.5 Å². The monoisotopic (exact) mass is 321 g/mol. The third-order valence-electron chi connectivity index (χ3n) is 2.35. The van der Waals surface area contributed by atoms with Crippen molar-refractivity contribution in [3.8, 4) is 11.5 Å². The van der Waals surface area contributed by atoms with Gasteiger partial charge in [-0.15, -0.1) is 0 Å². The summed E-state index contributed by atoms with van der Waals surface area (Å²) in [5.41, 5.74) is 0.540. The molecule has 0 saturated heterocycles. The Bertz CT molecular complexity index is 572. The van der Waals surface area contributed by atoms with Crippen molar-refractivity contribution in [1.29, 1.82) is 0 Å². The van der Waals surface area contributed by atoms with Crippen LogP contribution in [0, 0.1) is 0 Å². The van der Waals surface area contributed by atoms with Gasteiger partial charge in [0.15, 0.2) is 0 Å². The molecule has 0 aliphatic rings. The third-order valence-corrected chi connectivity index (χ3v) is 2.85. The summed E-state index contributed by atoms with van der Waals surface area (Å²) >= 11 is 3.33. The van der Waals surface area contributed by atoms with E-state index in [1.165, 1.54) is 7.11 Å². The molecular weight excluding hydrogens is 310 g/mol. The summed E-state index contributed by atoms with van der Waals surface area (Å²) in [6, 6.07) is 14.2. The molecule has 0 bridgehead atoms. The number of halogens is 1. The summed E-state index contributed by atoms with van der Waals surface area (Å²) in [5.74, 6) is 1.04. The van der Waals surface area contributed by atoms with Gasteiger partial charge in [0, 0.05) is 4.47 Å². The number of benzene rings is 2. The van der Waals surface area contributed by atoms with Gasteiger partial charge in [0.2, 0.25) is 0 Å². The second-order valence-corrected chi connectivity index (χ2v) is 4.59. The quantitative estimate of drug-likeness (QED) is 0.927. The van der Waals surface area contributed by atoms with Crippen LogP contribution in [0.1, 0.15) is 0 Å². The first-order chi connectivity index (χ1) is 9.19. The smallest absolute Gasteiger partial charge is 0.417 e. The molecule has 2 aromatic rings. The minimum atomic E-state index is -0.567. The topological polar surface area (TPSA) is 47.6 Å². The number of hydrogen-bond donors (Lipinski definition) is 1. The number of amides is 1. The second-order valence-electron chi connectivity index (χ2n) is 3.67. The molecule has 0 aliphatic carbocycles. The number of hydrogen-bond acceptors (Lipinski definition) is 3.